The second-order valence-corrected chi connectivity index (χ2v) is 4.57. The van der Waals surface area contributed by atoms with Crippen LogP contribution >= 0.6 is 15.9 Å². The summed E-state index contributed by atoms with van der Waals surface area (Å²) in [5.41, 5.74) is 0.301. The summed E-state index contributed by atoms with van der Waals surface area (Å²) in [4.78, 5) is 11.7. The van der Waals surface area contributed by atoms with Gasteiger partial charge in [-0.3, -0.25) is 4.79 Å². The molecule has 2 aromatic rings. The highest BCUT2D eigenvalue weighted by Crippen LogP contribution is 2.16. The van der Waals surface area contributed by atoms with E-state index in [-0.39, 0.29) is 5.91 Å². The zero-order valence-corrected chi connectivity index (χ0v) is 11.0. The van der Waals surface area contributed by atoms with E-state index in [0.717, 1.165) is 5.76 Å². The van der Waals surface area contributed by atoms with E-state index in [1.54, 1.807) is 18.4 Å². The number of nitrogens with one attached hydrogen (secondary N) is 1. The molecule has 1 aromatic heterocycles. The van der Waals surface area contributed by atoms with E-state index < -0.39 is 5.82 Å². The van der Waals surface area contributed by atoms with Gasteiger partial charge in [-0.25, -0.2) is 4.39 Å². The van der Waals surface area contributed by atoms with Gasteiger partial charge in [-0.1, -0.05) is 0 Å². The average molecular weight is 312 g/mol. The molecule has 0 saturated carbocycles. The van der Waals surface area contributed by atoms with Crippen molar-refractivity contribution >= 4 is 21.8 Å². The van der Waals surface area contributed by atoms with Crippen LogP contribution in [-0.4, -0.2) is 12.5 Å². The van der Waals surface area contributed by atoms with Gasteiger partial charge in [0.05, 0.1) is 10.7 Å². The molecule has 94 valence electrons. The van der Waals surface area contributed by atoms with E-state index in [1.165, 1.54) is 12.1 Å². The van der Waals surface area contributed by atoms with E-state index in [0.29, 0.717) is 23.0 Å². The lowest BCUT2D eigenvalue weighted by Crippen LogP contribution is -2.25. The Morgan fingerprint density at radius 1 is 1.39 bits per heavy atom. The van der Waals surface area contributed by atoms with Crippen LogP contribution in [0.4, 0.5) is 4.39 Å². The van der Waals surface area contributed by atoms with Crippen molar-refractivity contribution in [3.05, 3.63) is 58.2 Å². The van der Waals surface area contributed by atoms with Gasteiger partial charge in [0.25, 0.3) is 5.91 Å². The number of amides is 1. The Hall–Kier alpha value is -1.62. The third-order valence-electron chi connectivity index (χ3n) is 2.42. The van der Waals surface area contributed by atoms with Gasteiger partial charge in [0.2, 0.25) is 0 Å². The summed E-state index contributed by atoms with van der Waals surface area (Å²) < 4.78 is 18.7. The number of carbonyl (C=O) groups excluding carboxylic acids is 1. The summed E-state index contributed by atoms with van der Waals surface area (Å²) in [6.45, 7) is 0.448. The molecule has 0 aliphatic carbocycles. The summed E-state index contributed by atoms with van der Waals surface area (Å²) in [5, 5.41) is 2.70. The lowest BCUT2D eigenvalue weighted by molar-refractivity contribution is 0.0953. The summed E-state index contributed by atoms with van der Waals surface area (Å²) in [6.07, 6.45) is 2.19. The molecule has 1 amide bonds. The van der Waals surface area contributed by atoms with Crippen LogP contribution in [0, 0.1) is 5.82 Å². The van der Waals surface area contributed by atoms with Gasteiger partial charge < -0.3 is 9.73 Å². The van der Waals surface area contributed by atoms with Gasteiger partial charge in [0, 0.05) is 18.5 Å². The van der Waals surface area contributed by atoms with E-state index in [1.807, 2.05) is 6.07 Å². The predicted octanol–water partition coefficient (Wildman–Crippen LogP) is 3.15. The number of furan rings is 1. The molecule has 0 aliphatic heterocycles. The number of hydrogen-bond donors (Lipinski definition) is 1. The third-order valence-corrected chi connectivity index (χ3v) is 3.06. The van der Waals surface area contributed by atoms with Crippen molar-refractivity contribution in [2.45, 2.75) is 6.42 Å². The molecule has 1 N–H and O–H groups in total. The van der Waals surface area contributed by atoms with Crippen molar-refractivity contribution in [1.82, 2.24) is 5.32 Å². The van der Waals surface area contributed by atoms with E-state index >= 15 is 0 Å². The van der Waals surface area contributed by atoms with Crippen LogP contribution in [0.1, 0.15) is 16.1 Å². The van der Waals surface area contributed by atoms with Crippen LogP contribution in [0.15, 0.2) is 45.5 Å². The largest absolute Gasteiger partial charge is 0.469 e. The van der Waals surface area contributed by atoms with Crippen molar-refractivity contribution in [3.63, 3.8) is 0 Å². The first-order chi connectivity index (χ1) is 8.66. The molecule has 2 rings (SSSR count). The van der Waals surface area contributed by atoms with E-state index in [2.05, 4.69) is 21.2 Å². The van der Waals surface area contributed by atoms with Crippen molar-refractivity contribution in [2.75, 3.05) is 6.54 Å². The first kappa shape index (κ1) is 12.8. The minimum Gasteiger partial charge on any atom is -0.469 e. The zero-order chi connectivity index (χ0) is 13.0. The Balaban J connectivity index is 1.89. The van der Waals surface area contributed by atoms with Crippen LogP contribution in [0.5, 0.6) is 0 Å². The molecule has 0 saturated heterocycles. The maximum absolute atomic E-state index is 13.2. The van der Waals surface area contributed by atoms with E-state index in [4.69, 9.17) is 4.42 Å². The smallest absolute Gasteiger partial charge is 0.251 e. The Morgan fingerprint density at radius 2 is 2.22 bits per heavy atom. The number of halogens is 2. The standard InChI is InChI=1S/C13H11BrFNO2/c14-11-4-3-9(8-12(11)15)13(17)16-6-5-10-2-1-7-18-10/h1-4,7-8H,5-6H2,(H,16,17). The highest BCUT2D eigenvalue weighted by atomic mass is 79.9. The molecule has 3 nitrogen and oxygen atoms in total. The SMILES string of the molecule is O=C(NCCc1ccco1)c1ccc(Br)c(F)c1. The maximum Gasteiger partial charge on any atom is 0.251 e. The van der Waals surface area contributed by atoms with Crippen molar-refractivity contribution in [1.29, 1.82) is 0 Å². The van der Waals surface area contributed by atoms with Crippen LogP contribution in [-0.2, 0) is 6.42 Å². The summed E-state index contributed by atoms with van der Waals surface area (Å²) in [5.74, 6) is 0.0546. The Bertz CT molecular complexity index is 540. The Morgan fingerprint density at radius 3 is 2.89 bits per heavy atom. The minimum absolute atomic E-state index is 0.298. The van der Waals surface area contributed by atoms with Gasteiger partial charge in [0.1, 0.15) is 11.6 Å². The molecule has 1 heterocycles. The maximum atomic E-state index is 13.2. The molecule has 1 aromatic carbocycles. The second kappa shape index (κ2) is 5.82. The average Bonchev–Trinajstić information content (AvgIpc) is 2.85. The summed E-state index contributed by atoms with van der Waals surface area (Å²) >= 11 is 3.04. The van der Waals surface area contributed by atoms with Crippen LogP contribution in [0.25, 0.3) is 0 Å². The lowest BCUT2D eigenvalue weighted by atomic mass is 10.2. The van der Waals surface area contributed by atoms with Gasteiger partial charge in [-0.05, 0) is 46.3 Å². The fourth-order valence-corrected chi connectivity index (χ4v) is 1.74. The summed E-state index contributed by atoms with van der Waals surface area (Å²) in [7, 11) is 0. The molecule has 0 aliphatic rings. The first-order valence-electron chi connectivity index (χ1n) is 5.42. The van der Waals surface area contributed by atoms with Crippen molar-refractivity contribution in [2.24, 2.45) is 0 Å². The Kier molecular flexibility index (Phi) is 4.15. The molecule has 0 atom stereocenters. The molecule has 0 fully saturated rings. The van der Waals surface area contributed by atoms with E-state index in [9.17, 15) is 9.18 Å². The Labute approximate surface area is 112 Å². The monoisotopic (exact) mass is 311 g/mol. The molecule has 5 heteroatoms. The van der Waals surface area contributed by atoms with Crippen LogP contribution < -0.4 is 5.32 Å². The van der Waals surface area contributed by atoms with Gasteiger partial charge in [0.15, 0.2) is 0 Å². The molecule has 0 radical (unpaired) electrons. The van der Waals surface area contributed by atoms with Crippen LogP contribution in [0.3, 0.4) is 0 Å². The van der Waals surface area contributed by atoms with Crippen molar-refractivity contribution in [3.8, 4) is 0 Å². The third kappa shape index (κ3) is 3.20. The van der Waals surface area contributed by atoms with Gasteiger partial charge in [-0.15, -0.1) is 0 Å². The zero-order valence-electron chi connectivity index (χ0n) is 9.45. The number of carbonyl (C=O) groups is 1. The molecular formula is C13H11BrFNO2. The number of rotatable bonds is 4. The molecule has 0 bridgehead atoms. The minimum atomic E-state index is -0.450. The quantitative estimate of drug-likeness (QED) is 0.942. The predicted molar refractivity (Wildman–Crippen MR) is 68.8 cm³/mol. The normalized spacial score (nSPS) is 10.3. The lowest BCUT2D eigenvalue weighted by Gasteiger charge is -2.04. The van der Waals surface area contributed by atoms with Gasteiger partial charge in [-0.2, -0.15) is 0 Å². The highest BCUT2D eigenvalue weighted by Gasteiger charge is 2.08. The topological polar surface area (TPSA) is 42.2 Å². The molecule has 0 unspecified atom stereocenters. The first-order valence-corrected chi connectivity index (χ1v) is 6.22. The van der Waals surface area contributed by atoms with Gasteiger partial charge >= 0.3 is 0 Å². The molecular weight excluding hydrogens is 301 g/mol. The van der Waals surface area contributed by atoms with Crippen molar-refractivity contribution < 1.29 is 13.6 Å². The molecule has 0 spiro atoms. The highest BCUT2D eigenvalue weighted by molar-refractivity contribution is 9.10. The fourth-order valence-electron chi connectivity index (χ4n) is 1.49. The number of hydrogen-bond acceptors (Lipinski definition) is 2. The molecule has 18 heavy (non-hydrogen) atoms. The fraction of sp³-hybridized carbons (Fsp3) is 0.154. The second-order valence-electron chi connectivity index (χ2n) is 3.71. The van der Waals surface area contributed by atoms with Crippen LogP contribution in [0.2, 0.25) is 0 Å². The number of benzene rings is 1. The summed E-state index contributed by atoms with van der Waals surface area (Å²) in [6, 6.07) is 7.91.